The minimum absolute atomic E-state index is 0.106. The lowest BCUT2D eigenvalue weighted by Gasteiger charge is -2.08. The van der Waals surface area contributed by atoms with E-state index in [0.29, 0.717) is 33.6 Å². The molecule has 0 bridgehead atoms. The fourth-order valence-electron chi connectivity index (χ4n) is 3.42. The molecular weight excluding hydrogens is 421 g/mol. The maximum absolute atomic E-state index is 13.4. The molecule has 0 spiro atoms. The van der Waals surface area contributed by atoms with Gasteiger partial charge in [0.15, 0.2) is 5.75 Å². The molecule has 0 unspecified atom stereocenters. The number of halogens is 1. The van der Waals surface area contributed by atoms with Crippen LogP contribution in [0.1, 0.15) is 23.9 Å². The molecule has 1 aromatic carbocycles. The van der Waals surface area contributed by atoms with Crippen molar-refractivity contribution in [2.45, 2.75) is 26.8 Å². The maximum atomic E-state index is 13.4. The molecule has 0 aliphatic carbocycles. The largest absolute Gasteiger partial charge is 0.488 e. The van der Waals surface area contributed by atoms with Gasteiger partial charge in [-0.1, -0.05) is 19.1 Å². The van der Waals surface area contributed by atoms with Crippen LogP contribution in [0, 0.1) is 12.7 Å². The van der Waals surface area contributed by atoms with Gasteiger partial charge in [-0.2, -0.15) is 0 Å². The van der Waals surface area contributed by atoms with Gasteiger partial charge in [-0.15, -0.1) is 11.3 Å². The number of ether oxygens (including phenoxy) is 1. The summed E-state index contributed by atoms with van der Waals surface area (Å²) in [5.41, 5.74) is 0.367. The molecule has 0 fully saturated rings. The van der Waals surface area contributed by atoms with Gasteiger partial charge in [-0.3, -0.25) is 19.1 Å². The van der Waals surface area contributed by atoms with Gasteiger partial charge in [0.25, 0.3) is 5.56 Å². The van der Waals surface area contributed by atoms with E-state index in [1.54, 1.807) is 12.1 Å². The zero-order valence-electron chi connectivity index (χ0n) is 17.0. The van der Waals surface area contributed by atoms with E-state index in [0.717, 1.165) is 15.9 Å². The number of thiophene rings is 1. The van der Waals surface area contributed by atoms with Gasteiger partial charge in [0, 0.05) is 28.4 Å². The van der Waals surface area contributed by atoms with Crippen LogP contribution >= 0.6 is 11.3 Å². The van der Waals surface area contributed by atoms with Gasteiger partial charge in [-0.25, -0.2) is 9.18 Å². The molecule has 0 atom stereocenters. The Morgan fingerprint density at radius 1 is 1.16 bits per heavy atom. The van der Waals surface area contributed by atoms with Crippen molar-refractivity contribution < 1.29 is 9.13 Å². The quantitative estimate of drug-likeness (QED) is 0.479. The second kappa shape index (κ2) is 8.35. The molecule has 0 amide bonds. The summed E-state index contributed by atoms with van der Waals surface area (Å²) in [5, 5.41) is 0.360. The van der Waals surface area contributed by atoms with Gasteiger partial charge < -0.3 is 9.72 Å². The molecule has 0 aliphatic rings. The van der Waals surface area contributed by atoms with E-state index in [1.807, 2.05) is 13.8 Å². The SMILES string of the molecule is CCCOc1c[nH]c(Cn2c(=O)[nH]c3sc(C)c(-c4ccc(F)cc4)c3c2=O)cc1=O. The topological polar surface area (TPSA) is 96.9 Å². The van der Waals surface area contributed by atoms with Crippen LogP contribution in [-0.2, 0) is 6.54 Å². The van der Waals surface area contributed by atoms with Crippen molar-refractivity contribution in [3.8, 4) is 16.9 Å². The molecule has 9 heteroatoms. The lowest BCUT2D eigenvalue weighted by molar-refractivity contribution is 0.313. The van der Waals surface area contributed by atoms with Crippen molar-refractivity contribution >= 4 is 21.6 Å². The van der Waals surface area contributed by atoms with Gasteiger partial charge >= 0.3 is 5.69 Å². The number of aryl methyl sites for hydroxylation is 1. The average Bonchev–Trinajstić information content (AvgIpc) is 3.07. The number of rotatable bonds is 6. The lowest BCUT2D eigenvalue weighted by Crippen LogP contribution is -2.35. The zero-order chi connectivity index (χ0) is 22.1. The second-order valence-corrected chi connectivity index (χ2v) is 8.33. The van der Waals surface area contributed by atoms with Crippen molar-refractivity contribution in [3.63, 3.8) is 0 Å². The minimum Gasteiger partial charge on any atom is -0.488 e. The molecule has 0 aliphatic heterocycles. The highest BCUT2D eigenvalue weighted by atomic mass is 32.1. The van der Waals surface area contributed by atoms with E-state index < -0.39 is 11.2 Å². The summed E-state index contributed by atoms with van der Waals surface area (Å²) in [6.07, 6.45) is 2.20. The number of hydrogen-bond donors (Lipinski definition) is 2. The van der Waals surface area contributed by atoms with Gasteiger partial charge in [0.05, 0.1) is 18.5 Å². The first kappa shape index (κ1) is 20.8. The molecule has 31 heavy (non-hydrogen) atoms. The summed E-state index contributed by atoms with van der Waals surface area (Å²) >= 11 is 1.30. The molecule has 4 rings (SSSR count). The lowest BCUT2D eigenvalue weighted by atomic mass is 10.0. The van der Waals surface area contributed by atoms with E-state index in [-0.39, 0.29) is 23.5 Å². The number of hydrogen-bond acceptors (Lipinski definition) is 5. The van der Waals surface area contributed by atoms with Crippen molar-refractivity contribution in [2.75, 3.05) is 6.61 Å². The van der Waals surface area contributed by atoms with E-state index in [1.165, 1.54) is 35.7 Å². The standard InChI is InChI=1S/C22H20FN3O4S/c1-3-8-30-17-10-24-15(9-16(17)27)11-26-21(28)19-18(13-4-6-14(23)7-5-13)12(2)31-20(19)25-22(26)29/h4-7,9-10H,3,8,11H2,1-2H3,(H,24,27)(H,25,29). The Morgan fingerprint density at radius 2 is 1.90 bits per heavy atom. The molecule has 7 nitrogen and oxygen atoms in total. The number of pyridine rings is 1. The van der Waals surface area contributed by atoms with Crippen LogP contribution in [0.4, 0.5) is 4.39 Å². The minimum atomic E-state index is -0.573. The molecule has 4 aromatic rings. The maximum Gasteiger partial charge on any atom is 0.329 e. The molecule has 2 N–H and O–H groups in total. The van der Waals surface area contributed by atoms with E-state index in [2.05, 4.69) is 9.97 Å². The summed E-state index contributed by atoms with van der Waals surface area (Å²) in [5.74, 6) is -0.184. The van der Waals surface area contributed by atoms with Crippen LogP contribution in [0.15, 0.2) is 50.9 Å². The summed E-state index contributed by atoms with van der Waals surface area (Å²) in [4.78, 5) is 45.1. The molecule has 160 valence electrons. The fourth-order valence-corrected chi connectivity index (χ4v) is 4.48. The van der Waals surface area contributed by atoms with E-state index in [9.17, 15) is 18.8 Å². The summed E-state index contributed by atoms with van der Waals surface area (Å²) in [7, 11) is 0. The number of H-pyrrole nitrogens is 2. The molecule has 0 saturated heterocycles. The Bertz CT molecular complexity index is 1430. The van der Waals surface area contributed by atoms with Crippen LogP contribution in [0.3, 0.4) is 0 Å². The number of aromatic amines is 2. The van der Waals surface area contributed by atoms with Gasteiger partial charge in [0.1, 0.15) is 10.6 Å². The Balaban J connectivity index is 1.81. The number of nitrogens with zero attached hydrogens (tertiary/aromatic N) is 1. The average molecular weight is 441 g/mol. The van der Waals surface area contributed by atoms with Crippen molar-refractivity contribution in [1.82, 2.24) is 14.5 Å². The molecular formula is C22H20FN3O4S. The predicted octanol–water partition coefficient (Wildman–Crippen LogP) is 3.39. The molecule has 0 saturated carbocycles. The van der Waals surface area contributed by atoms with Crippen LogP contribution < -0.4 is 21.4 Å². The highest BCUT2D eigenvalue weighted by molar-refractivity contribution is 7.19. The highest BCUT2D eigenvalue weighted by Crippen LogP contribution is 2.35. The normalized spacial score (nSPS) is 11.2. The number of benzene rings is 1. The van der Waals surface area contributed by atoms with Crippen LogP contribution in [-0.4, -0.2) is 21.1 Å². The first-order valence-electron chi connectivity index (χ1n) is 9.75. The van der Waals surface area contributed by atoms with Crippen molar-refractivity contribution in [1.29, 1.82) is 0 Å². The number of aromatic nitrogens is 3. The summed E-state index contributed by atoms with van der Waals surface area (Å²) in [6, 6.07) is 7.18. The van der Waals surface area contributed by atoms with E-state index in [4.69, 9.17) is 4.74 Å². The number of nitrogens with one attached hydrogen (secondary N) is 2. The summed E-state index contributed by atoms with van der Waals surface area (Å²) in [6.45, 7) is 4.09. The Hall–Kier alpha value is -3.46. The molecule has 3 heterocycles. The smallest absolute Gasteiger partial charge is 0.329 e. The van der Waals surface area contributed by atoms with Crippen molar-refractivity contribution in [2.24, 2.45) is 0 Å². The Morgan fingerprint density at radius 3 is 2.58 bits per heavy atom. The predicted molar refractivity (Wildman–Crippen MR) is 119 cm³/mol. The molecule has 0 radical (unpaired) electrons. The van der Waals surface area contributed by atoms with E-state index >= 15 is 0 Å². The third-order valence-electron chi connectivity index (χ3n) is 4.87. The van der Waals surface area contributed by atoms with Crippen molar-refractivity contribution in [3.05, 3.63) is 84.0 Å². The summed E-state index contributed by atoms with van der Waals surface area (Å²) < 4.78 is 19.8. The Labute approximate surface area is 179 Å². The first-order valence-corrected chi connectivity index (χ1v) is 10.6. The first-order chi connectivity index (χ1) is 14.9. The third-order valence-corrected chi connectivity index (χ3v) is 5.89. The van der Waals surface area contributed by atoms with Crippen LogP contribution in [0.2, 0.25) is 0 Å². The highest BCUT2D eigenvalue weighted by Gasteiger charge is 2.18. The monoisotopic (exact) mass is 441 g/mol. The van der Waals surface area contributed by atoms with Gasteiger partial charge in [-0.05, 0) is 31.0 Å². The van der Waals surface area contributed by atoms with Gasteiger partial charge in [0.2, 0.25) is 5.43 Å². The second-order valence-electron chi connectivity index (χ2n) is 7.10. The fraction of sp³-hybridized carbons (Fsp3) is 0.227. The third kappa shape index (κ3) is 3.96. The molecule has 3 aromatic heterocycles. The zero-order valence-corrected chi connectivity index (χ0v) is 17.8. The number of fused-ring (bicyclic) bond motifs is 1. The van der Waals surface area contributed by atoms with Crippen LogP contribution in [0.25, 0.3) is 21.3 Å². The Kier molecular flexibility index (Phi) is 5.60. The van der Waals surface area contributed by atoms with Crippen LogP contribution in [0.5, 0.6) is 5.75 Å².